The zero-order valence-electron chi connectivity index (χ0n) is 16.0. The zero-order valence-corrected chi connectivity index (χ0v) is 18.0. The maximum atomic E-state index is 6.32. The second kappa shape index (κ2) is 12.5. The summed E-state index contributed by atoms with van der Waals surface area (Å²) in [6.45, 7) is 9.37. The van der Waals surface area contributed by atoms with Crippen LogP contribution in [0.15, 0.2) is 0 Å². The number of rotatable bonds is 15. The molecule has 146 valence electrons. The molecule has 0 bridgehead atoms. The van der Waals surface area contributed by atoms with Crippen molar-refractivity contribution in [3.8, 4) is 0 Å². The first-order valence-corrected chi connectivity index (χ1v) is 12.3. The molecule has 0 heterocycles. The summed E-state index contributed by atoms with van der Waals surface area (Å²) >= 11 is 0. The lowest BCUT2D eigenvalue weighted by Gasteiger charge is -2.40. The van der Waals surface area contributed by atoms with Crippen LogP contribution in [0.2, 0.25) is 6.04 Å². The average molecular weight is 385 g/mol. The molecule has 0 radical (unpaired) electrons. The lowest BCUT2D eigenvalue weighted by molar-refractivity contribution is -0.00576. The Bertz CT molecular complexity index is 305. The lowest BCUT2D eigenvalue weighted by Crippen LogP contribution is -2.66. The quantitative estimate of drug-likeness (QED) is 0.401. The van der Waals surface area contributed by atoms with Crippen LogP contribution in [0.5, 0.6) is 0 Å². The van der Waals surface area contributed by atoms with Gasteiger partial charge in [0.15, 0.2) is 0 Å². The van der Waals surface area contributed by atoms with Crippen molar-refractivity contribution in [2.75, 3.05) is 40.6 Å². The van der Waals surface area contributed by atoms with Gasteiger partial charge in [0, 0.05) is 46.1 Å². The standard InChI is InChI=1S/C14H36N2O6Si2/c1-7-19-24(20-8-2,21-9-3)14(13(4)16)22-23(17-5,18-6)12-10-11-15/h13-14H,7-12,15-16H2,1-6H3. The molecule has 24 heavy (non-hydrogen) atoms. The Balaban J connectivity index is 5.66. The molecule has 0 saturated heterocycles. The second-order valence-corrected chi connectivity index (χ2v) is 10.8. The van der Waals surface area contributed by atoms with Gasteiger partial charge in [-0.15, -0.1) is 0 Å². The molecule has 0 saturated carbocycles. The Labute approximate surface area is 148 Å². The smallest absolute Gasteiger partial charge is 0.377 e. The minimum atomic E-state index is -3.17. The van der Waals surface area contributed by atoms with Gasteiger partial charge >= 0.3 is 17.6 Å². The first-order chi connectivity index (χ1) is 11.4. The molecule has 0 rings (SSSR count). The topological polar surface area (TPSA) is 107 Å². The molecule has 10 heteroatoms. The Morgan fingerprint density at radius 2 is 1.38 bits per heavy atom. The highest BCUT2D eigenvalue weighted by Gasteiger charge is 2.56. The highest BCUT2D eigenvalue weighted by molar-refractivity contribution is 6.66. The van der Waals surface area contributed by atoms with Gasteiger partial charge in [-0.2, -0.15) is 0 Å². The van der Waals surface area contributed by atoms with E-state index in [1.54, 1.807) is 14.2 Å². The highest BCUT2D eigenvalue weighted by atomic mass is 28.4. The van der Waals surface area contributed by atoms with Gasteiger partial charge in [0.05, 0.1) is 0 Å². The van der Waals surface area contributed by atoms with E-state index in [1.165, 1.54) is 0 Å². The minimum Gasteiger partial charge on any atom is -0.377 e. The molecule has 0 aromatic rings. The maximum absolute atomic E-state index is 6.32. The van der Waals surface area contributed by atoms with E-state index >= 15 is 0 Å². The first kappa shape index (κ1) is 24.1. The Morgan fingerprint density at radius 1 is 0.917 bits per heavy atom. The summed E-state index contributed by atoms with van der Waals surface area (Å²) in [5.74, 6) is 0. The maximum Gasteiger partial charge on any atom is 0.531 e. The van der Waals surface area contributed by atoms with Crippen LogP contribution in [0.4, 0.5) is 0 Å². The summed E-state index contributed by atoms with van der Waals surface area (Å²) in [5, 5.41) is 0. The molecule has 0 fully saturated rings. The third-order valence-electron chi connectivity index (χ3n) is 3.48. The van der Waals surface area contributed by atoms with Crippen molar-refractivity contribution in [3.63, 3.8) is 0 Å². The van der Waals surface area contributed by atoms with Crippen molar-refractivity contribution >= 4 is 17.6 Å². The van der Waals surface area contributed by atoms with E-state index in [4.69, 9.17) is 38.0 Å². The predicted molar refractivity (Wildman–Crippen MR) is 97.4 cm³/mol. The van der Waals surface area contributed by atoms with Crippen molar-refractivity contribution < 1.29 is 26.6 Å². The van der Waals surface area contributed by atoms with Crippen LogP contribution in [0.1, 0.15) is 34.1 Å². The summed E-state index contributed by atoms with van der Waals surface area (Å²) in [7, 11) is -2.97. The highest BCUT2D eigenvalue weighted by Crippen LogP contribution is 2.27. The zero-order chi connectivity index (χ0) is 18.6. The van der Waals surface area contributed by atoms with E-state index in [0.29, 0.717) is 32.4 Å². The normalized spacial score (nSPS) is 15.5. The van der Waals surface area contributed by atoms with Gasteiger partial charge in [-0.05, 0) is 40.7 Å². The fourth-order valence-electron chi connectivity index (χ4n) is 2.43. The van der Waals surface area contributed by atoms with Crippen LogP contribution in [0.25, 0.3) is 0 Å². The second-order valence-electron chi connectivity index (χ2n) is 5.28. The Morgan fingerprint density at radius 3 is 1.67 bits per heavy atom. The molecule has 2 atom stereocenters. The summed E-state index contributed by atoms with van der Waals surface area (Å²) in [6.07, 6.45) is 0.728. The van der Waals surface area contributed by atoms with Crippen molar-refractivity contribution in [2.24, 2.45) is 11.5 Å². The largest absolute Gasteiger partial charge is 0.531 e. The molecule has 0 aromatic carbocycles. The van der Waals surface area contributed by atoms with Crippen molar-refractivity contribution in [3.05, 3.63) is 0 Å². The van der Waals surface area contributed by atoms with Crippen LogP contribution in [-0.4, -0.2) is 70.0 Å². The molecule has 8 nitrogen and oxygen atoms in total. The molecule has 0 aromatic heterocycles. The summed E-state index contributed by atoms with van der Waals surface area (Å²) in [4.78, 5) is 0. The summed E-state index contributed by atoms with van der Waals surface area (Å²) < 4.78 is 35.4. The summed E-state index contributed by atoms with van der Waals surface area (Å²) in [6, 6.07) is 0.213. The number of nitrogens with two attached hydrogens (primary N) is 2. The molecular weight excluding hydrogens is 348 g/mol. The first-order valence-electron chi connectivity index (χ1n) is 8.56. The Hall–Kier alpha value is 0.114. The third kappa shape index (κ3) is 6.79. The van der Waals surface area contributed by atoms with E-state index < -0.39 is 23.3 Å². The molecule has 4 N–H and O–H groups in total. The molecule has 0 spiro atoms. The molecule has 0 aliphatic rings. The fourth-order valence-corrected chi connectivity index (χ4v) is 8.26. The van der Waals surface area contributed by atoms with Gasteiger partial charge in [-0.25, -0.2) is 0 Å². The van der Waals surface area contributed by atoms with Gasteiger partial charge in [-0.3, -0.25) is 0 Å². The Kier molecular flexibility index (Phi) is 12.5. The van der Waals surface area contributed by atoms with Crippen LogP contribution in [0.3, 0.4) is 0 Å². The summed E-state index contributed by atoms with van der Waals surface area (Å²) in [5.41, 5.74) is 11.3. The fraction of sp³-hybridized carbons (Fsp3) is 1.00. The average Bonchev–Trinajstić information content (AvgIpc) is 2.56. The molecule has 0 aliphatic carbocycles. The van der Waals surface area contributed by atoms with E-state index in [9.17, 15) is 0 Å². The molecular formula is C14H36N2O6Si2. The van der Waals surface area contributed by atoms with Crippen molar-refractivity contribution in [2.45, 2.75) is 51.9 Å². The SMILES string of the molecule is CCO[Si](OCC)(OCC)C(O[Si](CCCN)(OC)OC)C(C)N. The lowest BCUT2D eigenvalue weighted by atomic mass is 10.4. The van der Waals surface area contributed by atoms with E-state index in [1.807, 2.05) is 27.7 Å². The molecule has 0 aliphatic heterocycles. The van der Waals surface area contributed by atoms with Gasteiger partial charge in [-0.1, -0.05) is 0 Å². The van der Waals surface area contributed by atoms with Gasteiger partial charge < -0.3 is 38.0 Å². The predicted octanol–water partition coefficient (Wildman–Crippen LogP) is 0.887. The van der Waals surface area contributed by atoms with Crippen LogP contribution < -0.4 is 11.5 Å². The number of hydrogen-bond acceptors (Lipinski definition) is 8. The van der Waals surface area contributed by atoms with E-state index in [-0.39, 0.29) is 6.04 Å². The van der Waals surface area contributed by atoms with Crippen molar-refractivity contribution in [1.82, 2.24) is 0 Å². The van der Waals surface area contributed by atoms with Gasteiger partial charge in [0.25, 0.3) is 0 Å². The van der Waals surface area contributed by atoms with E-state index in [0.717, 1.165) is 6.42 Å². The minimum absolute atomic E-state index is 0.378. The van der Waals surface area contributed by atoms with Crippen molar-refractivity contribution in [1.29, 1.82) is 0 Å². The van der Waals surface area contributed by atoms with Gasteiger partial charge in [0.2, 0.25) is 0 Å². The molecule has 0 amide bonds. The van der Waals surface area contributed by atoms with Gasteiger partial charge in [0.1, 0.15) is 5.73 Å². The molecule has 2 unspecified atom stereocenters. The van der Waals surface area contributed by atoms with Crippen LogP contribution >= 0.6 is 0 Å². The van der Waals surface area contributed by atoms with Crippen LogP contribution in [-0.2, 0) is 26.6 Å². The third-order valence-corrected chi connectivity index (χ3v) is 9.95. The monoisotopic (exact) mass is 384 g/mol. The number of hydrogen-bond donors (Lipinski definition) is 2. The van der Waals surface area contributed by atoms with Crippen LogP contribution in [0, 0.1) is 0 Å². The van der Waals surface area contributed by atoms with E-state index in [2.05, 4.69) is 0 Å².